The highest BCUT2D eigenvalue weighted by Gasteiger charge is 2.33. The van der Waals surface area contributed by atoms with Crippen molar-refractivity contribution in [2.45, 2.75) is 71.3 Å². The van der Waals surface area contributed by atoms with E-state index in [1.54, 1.807) is 0 Å². The van der Waals surface area contributed by atoms with E-state index in [0.717, 1.165) is 51.6 Å². The van der Waals surface area contributed by atoms with E-state index < -0.39 is 11.6 Å². The van der Waals surface area contributed by atoms with Crippen LogP contribution in [0.15, 0.2) is 0 Å². The Morgan fingerprint density at radius 3 is 2.00 bits per heavy atom. The zero-order valence-electron chi connectivity index (χ0n) is 14.7. The van der Waals surface area contributed by atoms with E-state index in [4.69, 9.17) is 9.84 Å². The van der Waals surface area contributed by atoms with Crippen molar-refractivity contribution in [2.75, 3.05) is 13.1 Å². The third-order valence-electron chi connectivity index (χ3n) is 5.21. The lowest BCUT2D eigenvalue weighted by molar-refractivity contribution is -0.138. The van der Waals surface area contributed by atoms with Crippen molar-refractivity contribution in [1.82, 2.24) is 4.90 Å². The molecular formula is C18H31NO4. The lowest BCUT2D eigenvalue weighted by Crippen LogP contribution is -2.43. The summed E-state index contributed by atoms with van der Waals surface area (Å²) in [5.74, 6) is 1.09. The lowest BCUT2D eigenvalue weighted by Gasteiger charge is -2.39. The highest BCUT2D eigenvalue weighted by molar-refractivity contribution is 5.68. The van der Waals surface area contributed by atoms with Crippen LogP contribution < -0.4 is 0 Å². The number of carbonyl (C=O) groups is 2. The molecule has 0 radical (unpaired) electrons. The number of hydrogen-bond donors (Lipinski definition) is 1. The number of hydrogen-bond acceptors (Lipinski definition) is 3. The molecule has 0 aromatic heterocycles. The monoisotopic (exact) mass is 325 g/mol. The summed E-state index contributed by atoms with van der Waals surface area (Å²) >= 11 is 0. The Bertz CT molecular complexity index is 413. The van der Waals surface area contributed by atoms with Crippen molar-refractivity contribution >= 4 is 12.1 Å². The molecule has 132 valence electrons. The maximum Gasteiger partial charge on any atom is 0.410 e. The third-order valence-corrected chi connectivity index (χ3v) is 5.21. The lowest BCUT2D eigenvalue weighted by atomic mass is 9.72. The fourth-order valence-corrected chi connectivity index (χ4v) is 3.99. The third kappa shape index (κ3) is 5.70. The van der Waals surface area contributed by atoms with Crippen LogP contribution in [0.4, 0.5) is 4.79 Å². The molecular weight excluding hydrogens is 294 g/mol. The molecule has 0 atom stereocenters. The Kier molecular flexibility index (Phi) is 5.93. The van der Waals surface area contributed by atoms with Crippen LogP contribution in [-0.2, 0) is 9.53 Å². The Labute approximate surface area is 139 Å². The Hall–Kier alpha value is -1.26. The van der Waals surface area contributed by atoms with Gasteiger partial charge in [0, 0.05) is 19.5 Å². The molecule has 23 heavy (non-hydrogen) atoms. The minimum absolute atomic E-state index is 0.193. The summed E-state index contributed by atoms with van der Waals surface area (Å²) in [6.45, 7) is 7.26. The van der Waals surface area contributed by atoms with Crippen molar-refractivity contribution < 1.29 is 19.4 Å². The van der Waals surface area contributed by atoms with Crippen LogP contribution in [0.2, 0.25) is 0 Å². The number of aliphatic carboxylic acids is 1. The molecule has 5 heteroatoms. The Morgan fingerprint density at radius 1 is 1.00 bits per heavy atom. The normalized spacial score (nSPS) is 26.8. The van der Waals surface area contributed by atoms with Gasteiger partial charge in [0.1, 0.15) is 5.60 Å². The van der Waals surface area contributed by atoms with Crippen molar-refractivity contribution in [3.05, 3.63) is 0 Å². The van der Waals surface area contributed by atoms with Gasteiger partial charge in [-0.25, -0.2) is 4.79 Å². The van der Waals surface area contributed by atoms with Crippen molar-refractivity contribution in [2.24, 2.45) is 17.8 Å². The van der Waals surface area contributed by atoms with Crippen molar-refractivity contribution in [1.29, 1.82) is 0 Å². The number of carboxylic acid groups (broad SMARTS) is 1. The van der Waals surface area contributed by atoms with Gasteiger partial charge in [-0.05, 0) is 77.0 Å². The predicted octanol–water partition coefficient (Wildman–Crippen LogP) is 3.91. The summed E-state index contributed by atoms with van der Waals surface area (Å²) in [7, 11) is 0. The first-order chi connectivity index (χ1) is 10.7. The van der Waals surface area contributed by atoms with Gasteiger partial charge in [-0.3, -0.25) is 4.79 Å². The standard InChI is InChI=1S/C18H31NO4/c1-18(2,3)23-17(22)19-10-8-15(9-11-19)14-6-4-13(5-7-14)12-16(20)21/h13-15H,4-12H2,1-3H3,(H,20,21). The fraction of sp³-hybridized carbons (Fsp3) is 0.889. The maximum absolute atomic E-state index is 12.1. The van der Waals surface area contributed by atoms with Gasteiger partial charge in [0.05, 0.1) is 0 Å². The van der Waals surface area contributed by atoms with Gasteiger partial charge >= 0.3 is 12.1 Å². The second-order valence-electron chi connectivity index (χ2n) is 8.18. The number of likely N-dealkylation sites (tertiary alicyclic amines) is 1. The average Bonchev–Trinajstić information content (AvgIpc) is 2.46. The molecule has 1 heterocycles. The minimum Gasteiger partial charge on any atom is -0.481 e. The highest BCUT2D eigenvalue weighted by Crippen LogP contribution is 2.38. The van der Waals surface area contributed by atoms with Gasteiger partial charge in [-0.15, -0.1) is 0 Å². The van der Waals surface area contributed by atoms with E-state index in [1.807, 2.05) is 25.7 Å². The van der Waals surface area contributed by atoms with Crippen LogP contribution in [0.5, 0.6) is 0 Å². The van der Waals surface area contributed by atoms with Crippen LogP contribution in [-0.4, -0.2) is 40.8 Å². The summed E-state index contributed by atoms with van der Waals surface area (Å²) in [4.78, 5) is 24.7. The summed E-state index contributed by atoms with van der Waals surface area (Å²) in [5.41, 5.74) is -0.434. The summed E-state index contributed by atoms with van der Waals surface area (Å²) in [5, 5.41) is 8.89. The van der Waals surface area contributed by atoms with Gasteiger partial charge < -0.3 is 14.7 Å². The van der Waals surface area contributed by atoms with Crippen LogP contribution >= 0.6 is 0 Å². The molecule has 2 fully saturated rings. The zero-order valence-corrected chi connectivity index (χ0v) is 14.7. The number of carboxylic acids is 1. The first-order valence-electron chi connectivity index (χ1n) is 8.94. The van der Waals surface area contributed by atoms with Crippen LogP contribution in [0, 0.1) is 17.8 Å². The molecule has 2 aliphatic rings. The number of carbonyl (C=O) groups excluding carboxylic acids is 1. The molecule has 0 aromatic rings. The number of nitrogens with zero attached hydrogens (tertiary/aromatic N) is 1. The summed E-state index contributed by atoms with van der Waals surface area (Å²) in [6, 6.07) is 0. The van der Waals surface area contributed by atoms with Crippen LogP contribution in [0.1, 0.15) is 65.7 Å². The first kappa shape index (κ1) is 18.1. The molecule has 0 spiro atoms. The molecule has 5 nitrogen and oxygen atoms in total. The van der Waals surface area contributed by atoms with Gasteiger partial charge in [0.15, 0.2) is 0 Å². The SMILES string of the molecule is CC(C)(C)OC(=O)N1CCC(C2CCC(CC(=O)O)CC2)CC1. The fourth-order valence-electron chi connectivity index (χ4n) is 3.99. The topological polar surface area (TPSA) is 66.8 Å². The predicted molar refractivity (Wildman–Crippen MR) is 88.2 cm³/mol. The van der Waals surface area contributed by atoms with Crippen LogP contribution in [0.3, 0.4) is 0 Å². The average molecular weight is 325 g/mol. The van der Waals surface area contributed by atoms with Gasteiger partial charge in [0.25, 0.3) is 0 Å². The number of ether oxygens (including phenoxy) is 1. The smallest absolute Gasteiger partial charge is 0.410 e. The summed E-state index contributed by atoms with van der Waals surface area (Å²) < 4.78 is 5.44. The van der Waals surface area contributed by atoms with E-state index in [1.165, 1.54) is 0 Å². The van der Waals surface area contributed by atoms with E-state index >= 15 is 0 Å². The van der Waals surface area contributed by atoms with Crippen molar-refractivity contribution in [3.8, 4) is 0 Å². The van der Waals surface area contributed by atoms with E-state index in [-0.39, 0.29) is 6.09 Å². The van der Waals surface area contributed by atoms with E-state index in [2.05, 4.69) is 0 Å². The molecule has 1 saturated heterocycles. The van der Waals surface area contributed by atoms with Crippen molar-refractivity contribution in [3.63, 3.8) is 0 Å². The number of piperidine rings is 1. The Balaban J connectivity index is 1.73. The van der Waals surface area contributed by atoms with Gasteiger partial charge in [-0.2, -0.15) is 0 Å². The highest BCUT2D eigenvalue weighted by atomic mass is 16.6. The molecule has 1 N–H and O–H groups in total. The zero-order chi connectivity index (χ0) is 17.0. The second kappa shape index (κ2) is 7.54. The van der Waals surface area contributed by atoms with E-state index in [0.29, 0.717) is 24.2 Å². The van der Waals surface area contributed by atoms with Crippen LogP contribution in [0.25, 0.3) is 0 Å². The maximum atomic E-state index is 12.1. The number of amides is 1. The molecule has 1 aliphatic heterocycles. The van der Waals surface area contributed by atoms with Gasteiger partial charge in [0.2, 0.25) is 0 Å². The quantitative estimate of drug-likeness (QED) is 0.854. The first-order valence-corrected chi connectivity index (χ1v) is 8.94. The molecule has 1 aliphatic carbocycles. The Morgan fingerprint density at radius 2 is 1.52 bits per heavy atom. The molecule has 2 rings (SSSR count). The number of rotatable bonds is 3. The molecule has 0 bridgehead atoms. The summed E-state index contributed by atoms with van der Waals surface area (Å²) in [6.07, 6.45) is 6.61. The minimum atomic E-state index is -0.667. The largest absolute Gasteiger partial charge is 0.481 e. The second-order valence-corrected chi connectivity index (χ2v) is 8.18. The molecule has 0 unspecified atom stereocenters. The van der Waals surface area contributed by atoms with E-state index in [9.17, 15) is 9.59 Å². The molecule has 1 saturated carbocycles. The van der Waals surface area contributed by atoms with Gasteiger partial charge in [-0.1, -0.05) is 0 Å². The molecule has 1 amide bonds. The molecule has 0 aromatic carbocycles.